The quantitative estimate of drug-likeness (QED) is 0.202. The summed E-state index contributed by atoms with van der Waals surface area (Å²) in [4.78, 5) is 32.1. The van der Waals surface area contributed by atoms with Crippen molar-refractivity contribution in [1.82, 2.24) is 0 Å². The molecule has 166 valence electrons. The number of carboxylic acid groups (broad SMARTS) is 1. The number of aliphatic hydroxyl groups is 2. The minimum atomic E-state index is -1.62. The molecule has 1 atom stereocenters. The zero-order valence-corrected chi connectivity index (χ0v) is 17.7. The summed E-state index contributed by atoms with van der Waals surface area (Å²) >= 11 is 0. The molecule has 0 bridgehead atoms. The Kier molecular flexibility index (Phi) is 22.4. The van der Waals surface area contributed by atoms with Gasteiger partial charge in [-0.2, -0.15) is 0 Å². The van der Waals surface area contributed by atoms with Gasteiger partial charge in [-0.1, -0.05) is 78.1 Å². The Morgan fingerprint density at radius 3 is 1.61 bits per heavy atom. The number of unbranched alkanes of at least 4 members (excludes halogenated alkanes) is 10. The van der Waals surface area contributed by atoms with Gasteiger partial charge in [-0.15, -0.1) is 0 Å². The second kappa shape index (κ2) is 21.8. The van der Waals surface area contributed by atoms with Gasteiger partial charge in [0.25, 0.3) is 0 Å². The van der Waals surface area contributed by atoms with Crippen LogP contribution in [0.4, 0.5) is 0 Å². The third kappa shape index (κ3) is 22.6. The van der Waals surface area contributed by atoms with Crippen molar-refractivity contribution < 1.29 is 34.4 Å². The van der Waals surface area contributed by atoms with E-state index in [0.717, 1.165) is 25.7 Å². The summed E-state index contributed by atoms with van der Waals surface area (Å²) in [6, 6.07) is 0. The third-order valence-corrected chi connectivity index (χ3v) is 4.14. The molecule has 3 N–H and O–H groups in total. The number of ether oxygens (including phenoxy) is 1. The first kappa shape index (κ1) is 28.7. The van der Waals surface area contributed by atoms with Crippen molar-refractivity contribution in [2.24, 2.45) is 0 Å². The summed E-state index contributed by atoms with van der Waals surface area (Å²) in [6.07, 6.45) is 12.0. The van der Waals surface area contributed by atoms with E-state index in [1.807, 2.05) is 0 Å². The van der Waals surface area contributed by atoms with Crippen molar-refractivity contribution in [1.29, 1.82) is 0 Å². The monoisotopic (exact) mass is 404 g/mol. The molecule has 0 amide bonds. The lowest BCUT2D eigenvalue weighted by atomic mass is 10.1. The second-order valence-corrected chi connectivity index (χ2v) is 6.92. The minimum Gasteiger partial charge on any atom is -0.481 e. The van der Waals surface area contributed by atoms with Gasteiger partial charge in [-0.3, -0.25) is 9.59 Å². The lowest BCUT2D eigenvalue weighted by molar-refractivity contribution is -0.167. The van der Waals surface area contributed by atoms with Crippen LogP contribution in [0, 0.1) is 0 Å². The first-order chi connectivity index (χ1) is 13.4. The fourth-order valence-corrected chi connectivity index (χ4v) is 2.41. The van der Waals surface area contributed by atoms with Crippen LogP contribution >= 0.6 is 0 Å². The molecule has 0 fully saturated rings. The average Bonchev–Trinajstić information content (AvgIpc) is 2.66. The van der Waals surface area contributed by atoms with E-state index in [4.69, 9.17) is 15.3 Å². The fraction of sp³-hybridized carbons (Fsp3) is 0.857. The van der Waals surface area contributed by atoms with Gasteiger partial charge in [0.1, 0.15) is 0 Å². The smallest absolute Gasteiger partial charge is 0.345 e. The first-order valence-electron chi connectivity index (χ1n) is 10.6. The Hall–Kier alpha value is -1.47. The SMILES string of the molecule is CCCCCCCC(=O)O.CCCCCCCCCC(=O)OC(=O)C(O)CO. The summed E-state index contributed by atoms with van der Waals surface area (Å²) in [7, 11) is 0. The molecule has 0 aliphatic carbocycles. The number of carbonyl (C=O) groups is 3. The summed E-state index contributed by atoms with van der Waals surface area (Å²) in [5, 5.41) is 25.6. The summed E-state index contributed by atoms with van der Waals surface area (Å²) in [5.74, 6) is -2.39. The molecule has 0 saturated carbocycles. The number of hydrogen-bond acceptors (Lipinski definition) is 6. The number of aliphatic hydroxyl groups excluding tert-OH is 2. The number of carboxylic acids is 1. The van der Waals surface area contributed by atoms with Gasteiger partial charge in [0.15, 0.2) is 6.10 Å². The van der Waals surface area contributed by atoms with Crippen LogP contribution in [0.1, 0.15) is 104 Å². The van der Waals surface area contributed by atoms with Gasteiger partial charge in [-0.05, 0) is 12.8 Å². The van der Waals surface area contributed by atoms with Gasteiger partial charge in [0.2, 0.25) is 0 Å². The van der Waals surface area contributed by atoms with Crippen molar-refractivity contribution in [3.63, 3.8) is 0 Å². The van der Waals surface area contributed by atoms with E-state index in [9.17, 15) is 14.4 Å². The zero-order chi connectivity index (χ0) is 21.6. The minimum absolute atomic E-state index is 0.178. The largest absolute Gasteiger partial charge is 0.481 e. The number of aliphatic carboxylic acids is 1. The van der Waals surface area contributed by atoms with Gasteiger partial charge in [0, 0.05) is 12.8 Å². The highest BCUT2D eigenvalue weighted by Crippen LogP contribution is 2.09. The molecule has 7 nitrogen and oxygen atoms in total. The number of esters is 2. The van der Waals surface area contributed by atoms with E-state index < -0.39 is 30.6 Å². The van der Waals surface area contributed by atoms with Crippen LogP contribution in [-0.4, -0.2) is 45.9 Å². The van der Waals surface area contributed by atoms with Crippen molar-refractivity contribution in [3.8, 4) is 0 Å². The summed E-state index contributed by atoms with van der Waals surface area (Å²) < 4.78 is 4.36. The van der Waals surface area contributed by atoms with Crippen LogP contribution in [0.15, 0.2) is 0 Å². The molecule has 7 heteroatoms. The van der Waals surface area contributed by atoms with Gasteiger partial charge in [0.05, 0.1) is 6.61 Å². The highest BCUT2D eigenvalue weighted by molar-refractivity contribution is 5.87. The molecule has 0 aromatic heterocycles. The lowest BCUT2D eigenvalue weighted by Crippen LogP contribution is -2.28. The third-order valence-electron chi connectivity index (χ3n) is 4.14. The molecule has 0 radical (unpaired) electrons. The van der Waals surface area contributed by atoms with Gasteiger partial charge < -0.3 is 20.1 Å². The Bertz CT molecular complexity index is 396. The van der Waals surface area contributed by atoms with E-state index in [-0.39, 0.29) is 6.42 Å². The van der Waals surface area contributed by atoms with Crippen molar-refractivity contribution in [2.45, 2.75) is 110 Å². The van der Waals surface area contributed by atoms with Crippen LogP contribution in [0.5, 0.6) is 0 Å². The molecular formula is C21H40O7. The molecule has 0 saturated heterocycles. The van der Waals surface area contributed by atoms with Crippen LogP contribution in [0.3, 0.4) is 0 Å². The molecule has 28 heavy (non-hydrogen) atoms. The molecule has 0 aliphatic heterocycles. The molecule has 0 aromatic carbocycles. The highest BCUT2D eigenvalue weighted by atomic mass is 16.6. The summed E-state index contributed by atoms with van der Waals surface area (Å²) in [6.45, 7) is 3.58. The molecule has 0 heterocycles. The average molecular weight is 405 g/mol. The predicted molar refractivity (Wildman–Crippen MR) is 108 cm³/mol. The Morgan fingerprint density at radius 2 is 1.18 bits per heavy atom. The maximum Gasteiger partial charge on any atom is 0.345 e. The van der Waals surface area contributed by atoms with Crippen LogP contribution in [0.2, 0.25) is 0 Å². The number of rotatable bonds is 16. The van der Waals surface area contributed by atoms with Gasteiger partial charge in [-0.25, -0.2) is 4.79 Å². The molecule has 1 unspecified atom stereocenters. The Morgan fingerprint density at radius 1 is 0.750 bits per heavy atom. The fourth-order valence-electron chi connectivity index (χ4n) is 2.41. The highest BCUT2D eigenvalue weighted by Gasteiger charge is 2.18. The van der Waals surface area contributed by atoms with Crippen molar-refractivity contribution in [2.75, 3.05) is 6.61 Å². The van der Waals surface area contributed by atoms with E-state index in [2.05, 4.69) is 18.6 Å². The second-order valence-electron chi connectivity index (χ2n) is 6.92. The predicted octanol–water partition coefficient (Wildman–Crippen LogP) is 3.98. The van der Waals surface area contributed by atoms with Crippen molar-refractivity contribution >= 4 is 17.9 Å². The molecule has 0 rings (SSSR count). The maximum absolute atomic E-state index is 11.2. The van der Waals surface area contributed by atoms with E-state index in [1.165, 1.54) is 44.9 Å². The standard InChI is InChI=1S/C13H24O5.C8H16O2/c1-2-3-4-5-6-7-8-9-12(16)18-13(17)11(15)10-14;1-2-3-4-5-6-7-8(9)10/h11,14-15H,2-10H2,1H3;2-7H2,1H3,(H,9,10). The van der Waals surface area contributed by atoms with E-state index in [0.29, 0.717) is 12.8 Å². The normalized spacial score (nSPS) is 11.3. The lowest BCUT2D eigenvalue weighted by Gasteiger charge is -2.06. The summed E-state index contributed by atoms with van der Waals surface area (Å²) in [5.41, 5.74) is 0. The topological polar surface area (TPSA) is 121 Å². The van der Waals surface area contributed by atoms with Crippen LogP contribution in [-0.2, 0) is 19.1 Å². The van der Waals surface area contributed by atoms with Gasteiger partial charge >= 0.3 is 17.9 Å². The first-order valence-corrected chi connectivity index (χ1v) is 10.6. The zero-order valence-electron chi connectivity index (χ0n) is 17.7. The molecular weight excluding hydrogens is 364 g/mol. The maximum atomic E-state index is 11.2. The Labute approximate surface area is 169 Å². The van der Waals surface area contributed by atoms with Crippen LogP contribution in [0.25, 0.3) is 0 Å². The van der Waals surface area contributed by atoms with E-state index >= 15 is 0 Å². The number of carbonyl (C=O) groups excluding carboxylic acids is 2. The molecule has 0 aliphatic rings. The molecule has 0 spiro atoms. The van der Waals surface area contributed by atoms with Crippen LogP contribution < -0.4 is 0 Å². The number of hydrogen-bond donors (Lipinski definition) is 3. The van der Waals surface area contributed by atoms with E-state index in [1.54, 1.807) is 0 Å². The Balaban J connectivity index is 0. The molecule has 0 aromatic rings. The van der Waals surface area contributed by atoms with Crippen molar-refractivity contribution in [3.05, 3.63) is 0 Å².